The molecular formula is C65H95N11O12. The highest BCUT2D eigenvalue weighted by molar-refractivity contribution is 6.25. The van der Waals surface area contributed by atoms with Gasteiger partial charge in [0.2, 0.25) is 11.9 Å². The quantitative estimate of drug-likeness (QED) is 0.121. The van der Waals surface area contributed by atoms with Crippen molar-refractivity contribution in [3.05, 3.63) is 54.6 Å². The number of amides is 6. The Hall–Kier alpha value is -7.85. The number of nitrogens with zero attached hydrogens (tertiary/aromatic N) is 11. The summed E-state index contributed by atoms with van der Waals surface area (Å²) in [7, 11) is 0. The molecule has 0 unspecified atom stereocenters. The molecule has 7 rings (SSSR count). The van der Waals surface area contributed by atoms with Gasteiger partial charge in [0, 0.05) is 110 Å². The number of benzene rings is 4. The lowest BCUT2D eigenvalue weighted by atomic mass is 9.92. The van der Waals surface area contributed by atoms with Crippen molar-refractivity contribution in [1.29, 1.82) is 0 Å². The van der Waals surface area contributed by atoms with E-state index in [-0.39, 0.29) is 117 Å². The molecule has 3 heterocycles. The van der Waals surface area contributed by atoms with Crippen LogP contribution in [-0.2, 0) is 28.4 Å². The van der Waals surface area contributed by atoms with Crippen molar-refractivity contribution in [2.45, 2.75) is 158 Å². The fourth-order valence-corrected chi connectivity index (χ4v) is 9.97. The highest BCUT2D eigenvalue weighted by Crippen LogP contribution is 2.39. The average molecular weight is 1220 g/mol. The van der Waals surface area contributed by atoms with Crippen molar-refractivity contribution in [1.82, 2.24) is 44.4 Å². The first kappa shape index (κ1) is 67.7. The lowest BCUT2D eigenvalue weighted by Crippen LogP contribution is -2.52. The van der Waals surface area contributed by atoms with Crippen LogP contribution in [0.4, 0.5) is 40.7 Å². The summed E-state index contributed by atoms with van der Waals surface area (Å²) in [6.07, 6.45) is -3.63. The molecule has 2 saturated heterocycles. The third-order valence-electron chi connectivity index (χ3n) is 14.0. The van der Waals surface area contributed by atoms with Gasteiger partial charge in [-0.2, -0.15) is 15.0 Å². The molecule has 88 heavy (non-hydrogen) atoms. The summed E-state index contributed by atoms with van der Waals surface area (Å²) in [4.78, 5) is 114. The summed E-state index contributed by atoms with van der Waals surface area (Å²) in [5.41, 5.74) is -4.43. The smallest absolute Gasteiger partial charge is 0.410 e. The van der Waals surface area contributed by atoms with Crippen LogP contribution in [0, 0.1) is 0 Å². The van der Waals surface area contributed by atoms with E-state index in [2.05, 4.69) is 42.5 Å². The zero-order chi connectivity index (χ0) is 64.9. The number of anilines is 2. The molecule has 0 radical (unpaired) electrons. The fourth-order valence-electron chi connectivity index (χ4n) is 9.97. The van der Waals surface area contributed by atoms with E-state index in [9.17, 15) is 28.8 Å². The number of hydrogen-bond acceptors (Lipinski definition) is 17. The van der Waals surface area contributed by atoms with Gasteiger partial charge in [0.15, 0.2) is 5.82 Å². The summed E-state index contributed by atoms with van der Waals surface area (Å²) in [6.45, 7) is 33.0. The monoisotopic (exact) mass is 1220 g/mol. The van der Waals surface area contributed by atoms with Crippen molar-refractivity contribution < 1.29 is 57.2 Å². The normalized spacial score (nSPS) is 16.6. The number of hydrogen-bond donors (Lipinski definition) is 0. The molecule has 2 aliphatic rings. The van der Waals surface area contributed by atoms with Gasteiger partial charge in [0.1, 0.15) is 33.6 Å². The van der Waals surface area contributed by atoms with Crippen molar-refractivity contribution in [3.8, 4) is 11.4 Å². The molecule has 4 aromatic carbocycles. The summed E-state index contributed by atoms with van der Waals surface area (Å²) in [5.74, 6) is 0.689. The minimum absolute atomic E-state index is 0.0382. The predicted molar refractivity (Wildman–Crippen MR) is 340 cm³/mol. The van der Waals surface area contributed by atoms with E-state index in [0.717, 1.165) is 32.3 Å². The Morgan fingerprint density at radius 2 is 0.545 bits per heavy atom. The maximum Gasteiger partial charge on any atom is 0.410 e. The van der Waals surface area contributed by atoms with E-state index in [4.69, 9.17) is 43.4 Å². The summed E-state index contributed by atoms with van der Waals surface area (Å²) in [6, 6.07) is 18.6. The minimum Gasteiger partial charge on any atom is -0.444 e. The van der Waals surface area contributed by atoms with Crippen molar-refractivity contribution in [2.75, 3.05) is 115 Å². The molecule has 482 valence electrons. The van der Waals surface area contributed by atoms with Crippen molar-refractivity contribution >= 4 is 80.8 Å². The molecule has 0 atom stereocenters. The molecule has 23 heteroatoms. The number of aromatic nitrogens is 3. The van der Waals surface area contributed by atoms with Crippen LogP contribution in [0.5, 0.6) is 0 Å². The second-order valence-electron chi connectivity index (χ2n) is 28.5. The zero-order valence-corrected chi connectivity index (χ0v) is 55.3. The third kappa shape index (κ3) is 19.3. The van der Waals surface area contributed by atoms with Crippen molar-refractivity contribution in [3.63, 3.8) is 0 Å². The molecule has 1 aromatic heterocycles. The minimum atomic E-state index is -0.865. The first-order chi connectivity index (χ1) is 40.8. The Morgan fingerprint density at radius 1 is 0.307 bits per heavy atom. The van der Waals surface area contributed by atoms with Gasteiger partial charge in [0.05, 0.1) is 0 Å². The molecule has 0 saturated carbocycles. The SMILES string of the molecule is CC(C)(C)OC(=O)N1CCN(C(=O)OC(C)(C)C)CCN(c2nc(-c3ccc4ccc5cccc6ccc3c4c56)nc(N3CCN(C(=O)OC(C)(C)C)CCN(C(=O)OC(C)(C)C)CCN(C(=O)OC(C)(C)C)CC3)n2)CCN(C(=O)OC(C)(C)C)CC1. The van der Waals surface area contributed by atoms with E-state index < -0.39 is 70.2 Å². The molecular weight excluding hydrogens is 1130 g/mol. The lowest BCUT2D eigenvalue weighted by Gasteiger charge is -2.36. The highest BCUT2D eigenvalue weighted by atomic mass is 16.6. The Bertz CT molecular complexity index is 3040. The van der Waals surface area contributed by atoms with Gasteiger partial charge in [-0.25, -0.2) is 28.8 Å². The van der Waals surface area contributed by atoms with E-state index in [1.807, 2.05) is 21.9 Å². The van der Waals surface area contributed by atoms with Crippen LogP contribution < -0.4 is 9.80 Å². The summed E-state index contributed by atoms with van der Waals surface area (Å²) < 4.78 is 35.7. The number of carbonyl (C=O) groups is 6. The maximum absolute atomic E-state index is 14.3. The second kappa shape index (κ2) is 26.9. The van der Waals surface area contributed by atoms with E-state index >= 15 is 0 Å². The largest absolute Gasteiger partial charge is 0.444 e. The first-order valence-electron chi connectivity index (χ1n) is 30.6. The second-order valence-corrected chi connectivity index (χ2v) is 28.5. The van der Waals surface area contributed by atoms with Gasteiger partial charge in [-0.15, -0.1) is 0 Å². The summed E-state index contributed by atoms with van der Waals surface area (Å²) in [5, 5.41) is 6.16. The zero-order valence-electron chi connectivity index (χ0n) is 55.3. The van der Waals surface area contributed by atoms with Crippen LogP contribution in [0.1, 0.15) is 125 Å². The van der Waals surface area contributed by atoms with Gasteiger partial charge >= 0.3 is 36.6 Å². The van der Waals surface area contributed by atoms with Crippen LogP contribution >= 0.6 is 0 Å². The summed E-state index contributed by atoms with van der Waals surface area (Å²) >= 11 is 0. The molecule has 0 spiro atoms. The molecule has 0 N–H and O–H groups in total. The Morgan fingerprint density at radius 3 is 0.818 bits per heavy atom. The number of carbonyl (C=O) groups excluding carboxylic acids is 6. The number of rotatable bonds is 3. The van der Waals surface area contributed by atoms with Gasteiger partial charge in [-0.05, 0) is 163 Å². The molecule has 2 aliphatic heterocycles. The maximum atomic E-state index is 14.3. The van der Waals surface area contributed by atoms with Crippen LogP contribution in [0.25, 0.3) is 43.7 Å². The van der Waals surface area contributed by atoms with E-state index in [1.165, 1.54) is 9.80 Å². The third-order valence-corrected chi connectivity index (χ3v) is 14.0. The Kier molecular flexibility index (Phi) is 20.7. The predicted octanol–water partition coefficient (Wildman–Crippen LogP) is 11.5. The van der Waals surface area contributed by atoms with Crippen LogP contribution in [0.15, 0.2) is 54.6 Å². The number of ether oxygens (including phenoxy) is 6. The van der Waals surface area contributed by atoms with Gasteiger partial charge in [-0.3, -0.25) is 0 Å². The molecule has 2 fully saturated rings. The van der Waals surface area contributed by atoms with E-state index in [0.29, 0.717) is 11.4 Å². The van der Waals surface area contributed by atoms with Crippen LogP contribution in [0.3, 0.4) is 0 Å². The van der Waals surface area contributed by atoms with E-state index in [1.54, 1.807) is 144 Å². The van der Waals surface area contributed by atoms with Crippen LogP contribution in [-0.4, -0.2) is 219 Å². The molecule has 6 amide bonds. The molecule has 0 bridgehead atoms. The standard InChI is InChI=1S/C65H95N11O12/c1-60(2,3)83-54(77)71-32-28-69(29-33-72(55(78)84-61(4,5)6)37-41-75(40-36-71)58(81)87-64(13,14)15)52-66-51(48-27-25-46-23-22-44-20-19-21-45-24-26-47(48)50(46)49(44)45)67-53(68-52)70-30-34-73(56(79)85-62(7,8)9)38-42-76(59(82)88-65(16,17)18)43-39-74(35-31-70)57(80)86-63(10,11)12/h19-27H,28-43H2,1-18H3. The fraction of sp³-hybridized carbons (Fsp3) is 0.615. The molecule has 5 aromatic rings. The van der Waals surface area contributed by atoms with Gasteiger partial charge < -0.3 is 67.6 Å². The average Bonchev–Trinajstić information content (AvgIpc) is 0.822. The van der Waals surface area contributed by atoms with Crippen LogP contribution in [0.2, 0.25) is 0 Å². The van der Waals surface area contributed by atoms with Gasteiger partial charge in [0.25, 0.3) is 0 Å². The first-order valence-corrected chi connectivity index (χ1v) is 30.6. The molecule has 0 aliphatic carbocycles. The Labute approximate surface area is 519 Å². The molecule has 23 nitrogen and oxygen atoms in total. The topological polar surface area (TPSA) is 222 Å². The Balaban J connectivity index is 1.42. The van der Waals surface area contributed by atoms with Crippen molar-refractivity contribution in [2.24, 2.45) is 0 Å². The lowest BCUT2D eigenvalue weighted by molar-refractivity contribution is 0.00797. The van der Waals surface area contributed by atoms with Gasteiger partial charge in [-0.1, -0.05) is 48.5 Å². The highest BCUT2D eigenvalue weighted by Gasteiger charge is 2.34.